The molecule has 0 amide bonds. The van der Waals surface area contributed by atoms with Gasteiger partial charge in [-0.1, -0.05) is 26.8 Å². The van der Waals surface area contributed by atoms with E-state index in [0.29, 0.717) is 12.8 Å². The minimum absolute atomic E-state index is 0.0239. The lowest BCUT2D eigenvalue weighted by atomic mass is 9.84. The number of hydrogen-bond donors (Lipinski definition) is 3. The van der Waals surface area contributed by atoms with Crippen LogP contribution in [0.1, 0.15) is 54.4 Å². The van der Waals surface area contributed by atoms with Crippen LogP contribution in [0.25, 0.3) is 0 Å². The van der Waals surface area contributed by atoms with Crippen LogP contribution in [0.3, 0.4) is 0 Å². The number of ether oxygens (including phenoxy) is 3. The van der Waals surface area contributed by atoms with Gasteiger partial charge < -0.3 is 29.7 Å². The van der Waals surface area contributed by atoms with Gasteiger partial charge >= 0.3 is 5.97 Å². The van der Waals surface area contributed by atoms with Crippen LogP contribution in [-0.2, 0) is 23.8 Å². The van der Waals surface area contributed by atoms with E-state index in [1.165, 1.54) is 6.08 Å². The van der Waals surface area contributed by atoms with E-state index < -0.39 is 42.6 Å². The Bertz CT molecular complexity index is 667. The second kappa shape index (κ2) is 11.7. The Morgan fingerprint density at radius 3 is 2.41 bits per heavy atom. The SMILES string of the molecule is CNC1CC(C)OC(OC2C(C)CC(C)C(=O)C=CC(C)C(C(C)O)OC(=O)C2C)C1O. The lowest BCUT2D eigenvalue weighted by Crippen LogP contribution is -2.55. The van der Waals surface area contributed by atoms with Gasteiger partial charge in [-0.05, 0) is 52.7 Å². The molecule has 0 aromatic heterocycles. The minimum atomic E-state index is -0.913. The largest absolute Gasteiger partial charge is 0.459 e. The van der Waals surface area contributed by atoms with Crippen LogP contribution in [0, 0.1) is 23.7 Å². The summed E-state index contributed by atoms with van der Waals surface area (Å²) in [4.78, 5) is 25.7. The number of cyclic esters (lactones) is 1. The summed E-state index contributed by atoms with van der Waals surface area (Å²) in [5.74, 6) is -1.99. The van der Waals surface area contributed by atoms with E-state index in [1.54, 1.807) is 33.9 Å². The van der Waals surface area contributed by atoms with Gasteiger partial charge in [0.05, 0.1) is 24.2 Å². The second-order valence-corrected chi connectivity index (χ2v) is 9.70. The van der Waals surface area contributed by atoms with Crippen LogP contribution in [0.15, 0.2) is 12.2 Å². The third-order valence-electron chi connectivity index (χ3n) is 6.75. The van der Waals surface area contributed by atoms with Gasteiger partial charge in [-0.25, -0.2) is 0 Å². The molecule has 2 heterocycles. The molecule has 1 saturated heterocycles. The maximum Gasteiger partial charge on any atom is 0.311 e. The lowest BCUT2D eigenvalue weighted by molar-refractivity contribution is -0.272. The first kappa shape index (κ1) is 26.9. The van der Waals surface area contributed by atoms with E-state index in [-0.39, 0.29) is 35.7 Å². The molecule has 0 spiro atoms. The summed E-state index contributed by atoms with van der Waals surface area (Å²) in [6.45, 7) is 10.8. The van der Waals surface area contributed by atoms with Crippen molar-refractivity contribution in [2.75, 3.05) is 7.05 Å². The number of nitrogens with one attached hydrogen (secondary N) is 1. The van der Waals surface area contributed by atoms with Crippen molar-refractivity contribution in [1.29, 1.82) is 0 Å². The van der Waals surface area contributed by atoms with Gasteiger partial charge in [0.15, 0.2) is 12.1 Å². The van der Waals surface area contributed by atoms with Gasteiger partial charge in [-0.3, -0.25) is 9.59 Å². The molecule has 2 aliphatic heterocycles. The first-order valence-electron chi connectivity index (χ1n) is 11.7. The van der Waals surface area contributed by atoms with E-state index in [0.717, 1.165) is 0 Å². The van der Waals surface area contributed by atoms with Crippen LogP contribution in [-0.4, -0.2) is 71.9 Å². The molecule has 0 aliphatic carbocycles. The van der Waals surface area contributed by atoms with Gasteiger partial charge in [0.25, 0.3) is 0 Å². The summed E-state index contributed by atoms with van der Waals surface area (Å²) in [5, 5.41) is 24.0. The first-order valence-corrected chi connectivity index (χ1v) is 11.7. The topological polar surface area (TPSA) is 114 Å². The summed E-state index contributed by atoms with van der Waals surface area (Å²) in [6, 6.07) is -0.196. The molecule has 11 atom stereocenters. The molecular weight excluding hydrogens is 414 g/mol. The molecule has 0 radical (unpaired) electrons. The number of aliphatic hydroxyl groups is 2. The second-order valence-electron chi connectivity index (χ2n) is 9.70. The van der Waals surface area contributed by atoms with Gasteiger partial charge in [0, 0.05) is 17.9 Å². The zero-order valence-corrected chi connectivity index (χ0v) is 20.4. The Morgan fingerprint density at radius 2 is 1.81 bits per heavy atom. The number of aliphatic hydroxyl groups excluding tert-OH is 2. The van der Waals surface area contributed by atoms with E-state index >= 15 is 0 Å². The summed E-state index contributed by atoms with van der Waals surface area (Å²) in [6.07, 6.45) is 0.0750. The highest BCUT2D eigenvalue weighted by Crippen LogP contribution is 2.31. The number of rotatable bonds is 4. The average Bonchev–Trinajstić information content (AvgIpc) is 2.73. The normalized spacial score (nSPS) is 43.2. The molecule has 2 aliphatic rings. The van der Waals surface area contributed by atoms with E-state index in [2.05, 4.69) is 5.32 Å². The first-order chi connectivity index (χ1) is 15.0. The Morgan fingerprint density at radius 1 is 1.16 bits per heavy atom. The standard InChI is InChI=1S/C24H41NO7/c1-12-8-9-19(27)13(2)10-14(3)21(16(5)23(29)31-22(12)17(6)26)32-24-20(28)18(25-7)11-15(4)30-24/h8-9,12-18,20-22,24-26,28H,10-11H2,1-7H3. The quantitative estimate of drug-likeness (QED) is 0.550. The van der Waals surface area contributed by atoms with Crippen LogP contribution in [0.5, 0.6) is 0 Å². The third-order valence-corrected chi connectivity index (χ3v) is 6.75. The van der Waals surface area contributed by atoms with Crippen molar-refractivity contribution in [2.45, 2.75) is 97.2 Å². The molecule has 32 heavy (non-hydrogen) atoms. The molecule has 1 fully saturated rings. The maximum absolute atomic E-state index is 13.1. The molecule has 3 N–H and O–H groups in total. The highest BCUT2D eigenvalue weighted by atomic mass is 16.7. The number of carbonyl (C=O) groups excluding carboxylic acids is 2. The number of allylic oxidation sites excluding steroid dienone is 1. The summed E-state index contributed by atoms with van der Waals surface area (Å²) in [5.41, 5.74) is 0. The van der Waals surface area contributed by atoms with E-state index in [4.69, 9.17) is 14.2 Å². The predicted molar refractivity (Wildman–Crippen MR) is 120 cm³/mol. The Hall–Kier alpha value is -1.32. The molecular formula is C24H41NO7. The van der Waals surface area contributed by atoms with Crippen molar-refractivity contribution in [3.63, 3.8) is 0 Å². The Labute approximate surface area is 191 Å². The average molecular weight is 456 g/mol. The molecule has 0 aromatic carbocycles. The lowest BCUT2D eigenvalue weighted by Gasteiger charge is -2.41. The number of hydrogen-bond acceptors (Lipinski definition) is 8. The molecule has 184 valence electrons. The highest BCUT2D eigenvalue weighted by molar-refractivity contribution is 5.91. The zero-order chi connectivity index (χ0) is 24.2. The van der Waals surface area contributed by atoms with Crippen molar-refractivity contribution >= 4 is 11.8 Å². The third kappa shape index (κ3) is 6.60. The van der Waals surface area contributed by atoms with Gasteiger partial charge in [-0.15, -0.1) is 0 Å². The Balaban J connectivity index is 2.34. The number of carbonyl (C=O) groups is 2. The number of esters is 1. The van der Waals surface area contributed by atoms with Crippen molar-refractivity contribution < 1.29 is 34.0 Å². The van der Waals surface area contributed by atoms with E-state index in [9.17, 15) is 19.8 Å². The molecule has 8 heteroatoms. The Kier molecular flexibility index (Phi) is 9.85. The van der Waals surface area contributed by atoms with Crippen LogP contribution in [0.2, 0.25) is 0 Å². The molecule has 2 rings (SSSR count). The predicted octanol–water partition coefficient (Wildman–Crippen LogP) is 1.82. The van der Waals surface area contributed by atoms with Gasteiger partial charge in [-0.2, -0.15) is 0 Å². The fourth-order valence-corrected chi connectivity index (χ4v) is 4.70. The number of ketones is 1. The van der Waals surface area contributed by atoms with Crippen molar-refractivity contribution in [3.05, 3.63) is 12.2 Å². The minimum Gasteiger partial charge on any atom is -0.459 e. The van der Waals surface area contributed by atoms with Crippen molar-refractivity contribution in [2.24, 2.45) is 23.7 Å². The highest BCUT2D eigenvalue weighted by Gasteiger charge is 2.42. The molecule has 0 bridgehead atoms. The van der Waals surface area contributed by atoms with Crippen LogP contribution >= 0.6 is 0 Å². The van der Waals surface area contributed by atoms with Gasteiger partial charge in [0.1, 0.15) is 12.2 Å². The molecule has 11 unspecified atom stereocenters. The van der Waals surface area contributed by atoms with Crippen molar-refractivity contribution in [1.82, 2.24) is 5.32 Å². The van der Waals surface area contributed by atoms with Crippen LogP contribution in [0.4, 0.5) is 0 Å². The van der Waals surface area contributed by atoms with Crippen LogP contribution < -0.4 is 5.32 Å². The molecule has 0 saturated carbocycles. The maximum atomic E-state index is 13.1. The number of likely N-dealkylation sites (N-methyl/N-ethyl adjacent to an activating group) is 1. The summed E-state index contributed by atoms with van der Waals surface area (Å²) < 4.78 is 17.8. The molecule has 8 nitrogen and oxygen atoms in total. The smallest absolute Gasteiger partial charge is 0.311 e. The summed E-state index contributed by atoms with van der Waals surface area (Å²) in [7, 11) is 1.78. The van der Waals surface area contributed by atoms with Crippen molar-refractivity contribution in [3.8, 4) is 0 Å². The van der Waals surface area contributed by atoms with Gasteiger partial charge in [0.2, 0.25) is 0 Å². The summed E-state index contributed by atoms with van der Waals surface area (Å²) >= 11 is 0. The monoisotopic (exact) mass is 455 g/mol. The molecule has 0 aromatic rings. The fraction of sp³-hybridized carbons (Fsp3) is 0.833. The zero-order valence-electron chi connectivity index (χ0n) is 20.4. The van der Waals surface area contributed by atoms with E-state index in [1.807, 2.05) is 20.8 Å². The fourth-order valence-electron chi connectivity index (χ4n) is 4.70.